The summed E-state index contributed by atoms with van der Waals surface area (Å²) in [6.07, 6.45) is 1.10. The average molecular weight is 266 g/mol. The van der Waals surface area contributed by atoms with E-state index in [9.17, 15) is 9.59 Å². The van der Waals surface area contributed by atoms with Crippen LogP contribution in [0.4, 0.5) is 0 Å². The summed E-state index contributed by atoms with van der Waals surface area (Å²) in [6, 6.07) is 0. The van der Waals surface area contributed by atoms with Gasteiger partial charge in [-0.05, 0) is 12.8 Å². The lowest BCUT2D eigenvalue weighted by molar-refractivity contribution is -0.276. The smallest absolute Gasteiger partial charge is 0.342 e. The maximum atomic E-state index is 11.0. The van der Waals surface area contributed by atoms with Crippen LogP contribution < -0.4 is 0 Å². The van der Waals surface area contributed by atoms with Gasteiger partial charge in [-0.15, -0.1) is 0 Å². The van der Waals surface area contributed by atoms with Crippen LogP contribution in [0.2, 0.25) is 0 Å². The molecule has 0 atom stereocenters. The van der Waals surface area contributed by atoms with Gasteiger partial charge in [0.25, 0.3) is 0 Å². The molecule has 0 rings (SSSR count). The Bertz CT molecular complexity index is 206. The van der Waals surface area contributed by atoms with Crippen LogP contribution in [-0.4, -0.2) is 48.6 Å². The Morgan fingerprint density at radius 1 is 0.778 bits per heavy atom. The molecule has 0 aromatic carbocycles. The van der Waals surface area contributed by atoms with Crippen LogP contribution in [0.5, 0.6) is 0 Å². The van der Waals surface area contributed by atoms with E-state index in [2.05, 4.69) is 19.6 Å². The van der Waals surface area contributed by atoms with E-state index in [0.717, 1.165) is 0 Å². The van der Waals surface area contributed by atoms with Crippen molar-refractivity contribution < 1.29 is 39.4 Å². The van der Waals surface area contributed by atoms with Gasteiger partial charge in [0.15, 0.2) is 0 Å². The molecule has 0 unspecified atom stereocenters. The van der Waals surface area contributed by atoms with Gasteiger partial charge in [-0.3, -0.25) is 9.78 Å². The van der Waals surface area contributed by atoms with Crippen molar-refractivity contribution in [3.63, 3.8) is 0 Å². The molecule has 8 nitrogen and oxygen atoms in total. The number of aliphatic hydroxyl groups is 2. The molecule has 0 amide bonds. The standard InChI is InChI=1S/C10H18O8/c11-5-7-15-17-9(13)3-1-2-4-10(14)18-16-8-6-12/h11-12H,1-8H2. The molecule has 18 heavy (non-hydrogen) atoms. The summed E-state index contributed by atoms with van der Waals surface area (Å²) < 4.78 is 0. The Hall–Kier alpha value is -1.22. The van der Waals surface area contributed by atoms with Gasteiger partial charge in [0.2, 0.25) is 0 Å². The molecule has 0 heterocycles. The third-order valence-corrected chi connectivity index (χ3v) is 1.66. The Balaban J connectivity index is 3.32. The fourth-order valence-corrected chi connectivity index (χ4v) is 0.911. The van der Waals surface area contributed by atoms with Crippen LogP contribution >= 0.6 is 0 Å². The zero-order valence-electron chi connectivity index (χ0n) is 10.0. The minimum atomic E-state index is -0.562. The van der Waals surface area contributed by atoms with E-state index < -0.39 is 11.9 Å². The zero-order chi connectivity index (χ0) is 13.6. The fourth-order valence-electron chi connectivity index (χ4n) is 0.911. The van der Waals surface area contributed by atoms with Crippen molar-refractivity contribution in [2.75, 3.05) is 26.4 Å². The van der Waals surface area contributed by atoms with Crippen molar-refractivity contribution in [3.05, 3.63) is 0 Å². The quantitative estimate of drug-likeness (QED) is 0.292. The van der Waals surface area contributed by atoms with Crippen molar-refractivity contribution in [2.24, 2.45) is 0 Å². The van der Waals surface area contributed by atoms with Crippen LogP contribution in [0.15, 0.2) is 0 Å². The van der Waals surface area contributed by atoms with E-state index in [0.29, 0.717) is 12.8 Å². The molecule has 0 spiro atoms. The van der Waals surface area contributed by atoms with Crippen molar-refractivity contribution >= 4 is 11.9 Å². The van der Waals surface area contributed by atoms with Crippen LogP contribution in [0.3, 0.4) is 0 Å². The van der Waals surface area contributed by atoms with Gasteiger partial charge in [0.1, 0.15) is 13.2 Å². The number of hydrogen-bond donors (Lipinski definition) is 2. The fraction of sp³-hybridized carbons (Fsp3) is 0.800. The third-order valence-electron chi connectivity index (χ3n) is 1.66. The highest BCUT2D eigenvalue weighted by molar-refractivity contribution is 5.69. The number of carbonyl (C=O) groups is 2. The van der Waals surface area contributed by atoms with E-state index in [-0.39, 0.29) is 39.3 Å². The number of carbonyl (C=O) groups excluding carboxylic acids is 2. The molecule has 0 aromatic heterocycles. The molecule has 0 aromatic rings. The van der Waals surface area contributed by atoms with Gasteiger partial charge >= 0.3 is 11.9 Å². The van der Waals surface area contributed by atoms with Crippen LogP contribution in [0.1, 0.15) is 25.7 Å². The van der Waals surface area contributed by atoms with Crippen molar-refractivity contribution in [1.29, 1.82) is 0 Å². The van der Waals surface area contributed by atoms with E-state index in [1.165, 1.54) is 0 Å². The number of hydrogen-bond acceptors (Lipinski definition) is 8. The summed E-state index contributed by atoms with van der Waals surface area (Å²) in [4.78, 5) is 39.3. The highest BCUT2D eigenvalue weighted by Crippen LogP contribution is 2.03. The third kappa shape index (κ3) is 11.3. The first-order chi connectivity index (χ1) is 8.70. The van der Waals surface area contributed by atoms with Crippen molar-refractivity contribution in [1.82, 2.24) is 0 Å². The first kappa shape index (κ1) is 16.8. The van der Waals surface area contributed by atoms with Crippen LogP contribution in [0, 0.1) is 0 Å². The number of unbranched alkanes of at least 4 members (excludes halogenated alkanes) is 1. The molecular formula is C10H18O8. The van der Waals surface area contributed by atoms with E-state index in [4.69, 9.17) is 10.2 Å². The highest BCUT2D eigenvalue weighted by Gasteiger charge is 2.07. The summed E-state index contributed by atoms with van der Waals surface area (Å²) in [5.74, 6) is -1.12. The van der Waals surface area contributed by atoms with Gasteiger partial charge in [0, 0.05) is 12.8 Å². The van der Waals surface area contributed by atoms with Gasteiger partial charge < -0.3 is 10.2 Å². The minimum absolute atomic E-state index is 0.0692. The van der Waals surface area contributed by atoms with Crippen molar-refractivity contribution in [3.8, 4) is 0 Å². The molecule has 0 aliphatic rings. The first-order valence-electron chi connectivity index (χ1n) is 5.57. The van der Waals surface area contributed by atoms with Gasteiger partial charge in [-0.1, -0.05) is 0 Å². The normalized spacial score (nSPS) is 10.1. The van der Waals surface area contributed by atoms with Crippen LogP contribution in [-0.2, 0) is 29.1 Å². The predicted octanol–water partition coefficient (Wildman–Crippen LogP) is -0.519. The zero-order valence-corrected chi connectivity index (χ0v) is 10.0. The first-order valence-corrected chi connectivity index (χ1v) is 5.57. The summed E-state index contributed by atoms with van der Waals surface area (Å²) in [5, 5.41) is 16.7. The second-order valence-electron chi connectivity index (χ2n) is 3.21. The molecule has 106 valence electrons. The molecule has 0 saturated heterocycles. The number of aliphatic hydroxyl groups excluding tert-OH is 2. The molecule has 0 fully saturated rings. The lowest BCUT2D eigenvalue weighted by atomic mass is 10.2. The molecule has 2 N–H and O–H groups in total. The largest absolute Gasteiger partial charge is 0.394 e. The average Bonchev–Trinajstić information content (AvgIpc) is 2.35. The van der Waals surface area contributed by atoms with E-state index >= 15 is 0 Å². The predicted molar refractivity (Wildman–Crippen MR) is 56.7 cm³/mol. The Morgan fingerprint density at radius 3 is 1.50 bits per heavy atom. The molecule has 0 saturated carbocycles. The summed E-state index contributed by atoms with van der Waals surface area (Å²) in [7, 11) is 0. The van der Waals surface area contributed by atoms with Crippen LogP contribution in [0.25, 0.3) is 0 Å². The minimum Gasteiger partial charge on any atom is -0.394 e. The summed E-state index contributed by atoms with van der Waals surface area (Å²) >= 11 is 0. The monoisotopic (exact) mass is 266 g/mol. The lowest BCUT2D eigenvalue weighted by Gasteiger charge is -2.03. The van der Waals surface area contributed by atoms with Gasteiger partial charge in [-0.2, -0.15) is 9.78 Å². The van der Waals surface area contributed by atoms with E-state index in [1.807, 2.05) is 0 Å². The SMILES string of the molecule is O=C(CCCCC(=O)OOCCO)OOCCO. The molecule has 0 radical (unpaired) electrons. The second kappa shape index (κ2) is 12.2. The highest BCUT2D eigenvalue weighted by atomic mass is 17.2. The summed E-state index contributed by atoms with van der Waals surface area (Å²) in [6.45, 7) is -0.597. The molecule has 0 aliphatic heterocycles. The molecule has 0 bridgehead atoms. The maximum Gasteiger partial charge on any atom is 0.342 e. The lowest BCUT2D eigenvalue weighted by Crippen LogP contribution is -2.09. The van der Waals surface area contributed by atoms with Gasteiger partial charge in [0.05, 0.1) is 13.2 Å². The second-order valence-corrected chi connectivity index (χ2v) is 3.21. The van der Waals surface area contributed by atoms with Gasteiger partial charge in [-0.25, -0.2) is 9.59 Å². The summed E-state index contributed by atoms with van der Waals surface area (Å²) in [5.41, 5.74) is 0. The number of rotatable bonds is 11. The Labute approximate surface area is 104 Å². The molecule has 0 aliphatic carbocycles. The van der Waals surface area contributed by atoms with Crippen molar-refractivity contribution in [2.45, 2.75) is 25.7 Å². The Morgan fingerprint density at radius 2 is 1.17 bits per heavy atom. The molecule has 8 heteroatoms. The topological polar surface area (TPSA) is 112 Å². The van der Waals surface area contributed by atoms with E-state index in [1.54, 1.807) is 0 Å². The Kier molecular flexibility index (Phi) is 11.4. The maximum absolute atomic E-state index is 11.0. The molecular weight excluding hydrogens is 248 g/mol.